The third kappa shape index (κ3) is 10.2. The van der Waals surface area contributed by atoms with E-state index in [2.05, 4.69) is 10.7 Å². The van der Waals surface area contributed by atoms with Gasteiger partial charge in [0, 0.05) is 23.7 Å². The van der Waals surface area contributed by atoms with Gasteiger partial charge in [0.25, 0.3) is 11.8 Å². The minimum atomic E-state index is -1.37. The van der Waals surface area contributed by atoms with Crippen LogP contribution in [0.15, 0.2) is 115 Å². The molecule has 278 valence electrons. The number of nitrogens with one attached hydrogen (secondary N) is 2. The Labute approximate surface area is 310 Å². The second-order valence-electron chi connectivity index (χ2n) is 13.4. The van der Waals surface area contributed by atoms with Crippen LogP contribution in [0.1, 0.15) is 51.2 Å². The van der Waals surface area contributed by atoms with Crippen LogP contribution < -0.4 is 21.4 Å². The molecule has 0 saturated carbocycles. The smallest absolute Gasteiger partial charge is 0.408 e. The highest BCUT2D eigenvalue weighted by atomic mass is 16.5. The van der Waals surface area contributed by atoms with Gasteiger partial charge < -0.3 is 25.8 Å². The first-order valence-electron chi connectivity index (χ1n) is 17.9. The van der Waals surface area contributed by atoms with Crippen LogP contribution in [-0.2, 0) is 32.3 Å². The number of nitrogens with zero attached hydrogens (tertiary/aromatic N) is 3. The predicted octanol–water partition coefficient (Wildman–Crippen LogP) is 5.18. The van der Waals surface area contributed by atoms with Gasteiger partial charge in [-0.1, -0.05) is 117 Å². The van der Waals surface area contributed by atoms with Crippen LogP contribution in [0.3, 0.4) is 0 Å². The molecule has 5 rings (SSSR count). The van der Waals surface area contributed by atoms with E-state index in [1.165, 1.54) is 4.90 Å². The summed E-state index contributed by atoms with van der Waals surface area (Å²) in [5.41, 5.74) is 11.4. The molecule has 0 radical (unpaired) electrons. The van der Waals surface area contributed by atoms with Crippen molar-refractivity contribution in [3.8, 4) is 0 Å². The molecule has 5 N–H and O–H groups in total. The maximum Gasteiger partial charge on any atom is 0.408 e. The summed E-state index contributed by atoms with van der Waals surface area (Å²) in [5, 5.41) is 16.5. The monoisotopic (exact) mass is 720 g/mol. The number of rotatable bonds is 14. The summed E-state index contributed by atoms with van der Waals surface area (Å²) < 4.78 is 5.54. The molecule has 53 heavy (non-hydrogen) atoms. The first-order valence-corrected chi connectivity index (χ1v) is 17.9. The molecule has 1 aliphatic heterocycles. The highest BCUT2D eigenvalue weighted by Gasteiger charge is 2.35. The normalized spacial score (nSPS) is 14.8. The van der Waals surface area contributed by atoms with Crippen LogP contribution in [-0.4, -0.2) is 63.7 Å². The van der Waals surface area contributed by atoms with Crippen molar-refractivity contribution in [1.82, 2.24) is 20.7 Å². The maximum atomic E-state index is 14.7. The largest absolute Gasteiger partial charge is 0.445 e. The summed E-state index contributed by atoms with van der Waals surface area (Å²) >= 11 is 0. The van der Waals surface area contributed by atoms with Crippen LogP contribution in [0.5, 0.6) is 0 Å². The lowest BCUT2D eigenvalue weighted by molar-refractivity contribution is -0.147. The zero-order valence-electron chi connectivity index (χ0n) is 30.4. The fraction of sp³-hybridized carbons (Fsp3) is 0.317. The molecule has 1 heterocycles. The molecular weight excluding hydrogens is 672 g/mol. The Hall–Kier alpha value is -5.72. The highest BCUT2D eigenvalue weighted by Crippen LogP contribution is 2.34. The van der Waals surface area contributed by atoms with Gasteiger partial charge in [0.15, 0.2) is 0 Å². The molecule has 0 bridgehead atoms. The van der Waals surface area contributed by atoms with Crippen molar-refractivity contribution in [3.05, 3.63) is 126 Å². The molecule has 4 aromatic rings. The lowest BCUT2D eigenvalue weighted by atomic mass is 10.0. The van der Waals surface area contributed by atoms with E-state index < -0.39 is 36.1 Å². The van der Waals surface area contributed by atoms with E-state index in [1.54, 1.807) is 25.3 Å². The van der Waals surface area contributed by atoms with Gasteiger partial charge >= 0.3 is 6.09 Å². The third-order valence-electron chi connectivity index (χ3n) is 9.21. The molecule has 1 aliphatic rings. The van der Waals surface area contributed by atoms with Crippen molar-refractivity contribution in [2.45, 2.75) is 71.4 Å². The van der Waals surface area contributed by atoms with Crippen LogP contribution >= 0.6 is 0 Å². The number of aliphatic hydroxyl groups excluding tert-OH is 1. The standard InChI is InChI=1S/C41H48N6O6/c1-4-28(2)22-37(48)38(49)44-47(24-30-14-7-5-8-15-30)40(51)35(43-41(52)53-26-31-16-9-6-10-17-31)23-33-25-45(39(50)29(3)42)27-46(33)36-21-13-19-32-18-11-12-20-34(32)36/h5-21,25,28-29,35,37,48H,4,22-24,26-27,42H2,1-3H3,(H,43,52)(H,44,49)/t28?,29-,35?,37-/m0/s1. The highest BCUT2D eigenvalue weighted by molar-refractivity contribution is 5.96. The van der Waals surface area contributed by atoms with E-state index in [0.29, 0.717) is 11.3 Å². The first-order chi connectivity index (χ1) is 25.5. The number of hydrogen-bond donors (Lipinski definition) is 4. The molecule has 12 nitrogen and oxygen atoms in total. The number of hydrogen-bond acceptors (Lipinski definition) is 8. The number of hydrazine groups is 1. The topological polar surface area (TPSA) is 158 Å². The number of fused-ring (bicyclic) bond motifs is 1. The number of carbonyl (C=O) groups excluding carboxylic acids is 4. The number of amides is 4. The van der Waals surface area contributed by atoms with Crippen molar-refractivity contribution in [1.29, 1.82) is 0 Å². The van der Waals surface area contributed by atoms with Crippen LogP contribution in [0.4, 0.5) is 10.5 Å². The fourth-order valence-corrected chi connectivity index (χ4v) is 6.07. The van der Waals surface area contributed by atoms with Crippen molar-refractivity contribution in [2.75, 3.05) is 11.6 Å². The summed E-state index contributed by atoms with van der Waals surface area (Å²) in [6.07, 6.45) is 0.297. The summed E-state index contributed by atoms with van der Waals surface area (Å²) in [6, 6.07) is 29.8. The van der Waals surface area contributed by atoms with Crippen molar-refractivity contribution in [2.24, 2.45) is 11.7 Å². The number of aliphatic hydroxyl groups is 1. The SMILES string of the molecule is CCC(C)C[C@H](O)C(=O)NN(Cc1ccccc1)C(=O)C(CC1=CN(C(=O)[C@H](C)N)CN1c1cccc2ccccc12)NC(=O)OCc1ccccc1. The molecule has 0 aliphatic carbocycles. The Bertz CT molecular complexity index is 1900. The molecule has 4 aromatic carbocycles. The minimum Gasteiger partial charge on any atom is -0.445 e. The van der Waals surface area contributed by atoms with Gasteiger partial charge in [0.2, 0.25) is 5.91 Å². The second kappa shape index (κ2) is 18.2. The Balaban J connectivity index is 1.51. The third-order valence-corrected chi connectivity index (χ3v) is 9.21. The van der Waals surface area contributed by atoms with Gasteiger partial charge in [-0.25, -0.2) is 9.80 Å². The molecule has 0 saturated heterocycles. The second-order valence-corrected chi connectivity index (χ2v) is 13.4. The molecule has 12 heteroatoms. The van der Waals surface area contributed by atoms with Crippen LogP contribution in [0.25, 0.3) is 10.8 Å². The van der Waals surface area contributed by atoms with E-state index in [4.69, 9.17) is 10.5 Å². The number of benzene rings is 4. The molecule has 4 amide bonds. The molecule has 0 aromatic heterocycles. The Kier molecular flexibility index (Phi) is 13.2. The van der Waals surface area contributed by atoms with Gasteiger partial charge in [-0.3, -0.25) is 24.7 Å². The van der Waals surface area contributed by atoms with Crippen LogP contribution in [0.2, 0.25) is 0 Å². The van der Waals surface area contributed by atoms with E-state index >= 15 is 0 Å². The number of anilines is 1. The van der Waals surface area contributed by atoms with Gasteiger partial charge in [0.1, 0.15) is 25.4 Å². The predicted molar refractivity (Wildman–Crippen MR) is 203 cm³/mol. The van der Waals surface area contributed by atoms with Gasteiger partial charge in [-0.2, -0.15) is 0 Å². The van der Waals surface area contributed by atoms with Crippen molar-refractivity contribution >= 4 is 40.3 Å². The number of nitrogens with two attached hydrogens (primary N) is 1. The molecule has 2 unspecified atom stereocenters. The zero-order chi connectivity index (χ0) is 37.9. The Morgan fingerprint density at radius 1 is 0.887 bits per heavy atom. The average Bonchev–Trinajstić information content (AvgIpc) is 3.59. The molecule has 0 fully saturated rings. The summed E-state index contributed by atoms with van der Waals surface area (Å²) in [4.78, 5) is 58.1. The maximum absolute atomic E-state index is 14.7. The van der Waals surface area contributed by atoms with E-state index in [9.17, 15) is 24.3 Å². The Morgan fingerprint density at radius 2 is 1.53 bits per heavy atom. The van der Waals surface area contributed by atoms with Gasteiger partial charge in [-0.05, 0) is 41.8 Å². The molecule has 4 atom stereocenters. The van der Waals surface area contributed by atoms with Gasteiger partial charge in [-0.15, -0.1) is 0 Å². The van der Waals surface area contributed by atoms with Crippen molar-refractivity contribution in [3.63, 3.8) is 0 Å². The number of ether oxygens (including phenoxy) is 1. The van der Waals surface area contributed by atoms with Crippen LogP contribution in [0, 0.1) is 5.92 Å². The van der Waals surface area contributed by atoms with E-state index in [1.807, 2.05) is 110 Å². The van der Waals surface area contributed by atoms with Gasteiger partial charge in [0.05, 0.1) is 18.3 Å². The lowest BCUT2D eigenvalue weighted by Crippen LogP contribution is -2.56. The summed E-state index contributed by atoms with van der Waals surface area (Å²) in [5.74, 6) is -1.66. The van der Waals surface area contributed by atoms with E-state index in [-0.39, 0.29) is 44.5 Å². The Morgan fingerprint density at radius 3 is 2.21 bits per heavy atom. The number of alkyl carbamates (subject to hydrolysis) is 1. The zero-order valence-corrected chi connectivity index (χ0v) is 30.4. The van der Waals surface area contributed by atoms with E-state index in [0.717, 1.165) is 33.5 Å². The fourth-order valence-electron chi connectivity index (χ4n) is 6.07. The molecule has 0 spiro atoms. The summed E-state index contributed by atoms with van der Waals surface area (Å²) in [7, 11) is 0. The average molecular weight is 721 g/mol. The number of carbonyl (C=O) groups is 4. The lowest BCUT2D eigenvalue weighted by Gasteiger charge is -2.31. The minimum absolute atomic E-state index is 0.0403. The quantitative estimate of drug-likeness (QED) is 0.130. The van der Waals surface area contributed by atoms with Crippen molar-refractivity contribution < 1.29 is 29.0 Å². The first kappa shape index (κ1) is 38.5. The molecular formula is C41H48N6O6. The summed E-state index contributed by atoms with van der Waals surface area (Å²) in [6.45, 7) is 5.53.